The number of aryl methyl sites for hydroxylation is 2. The molecule has 0 atom stereocenters. The molecule has 110 valence electrons. The molecular weight excluding hydrogens is 280 g/mol. The lowest BCUT2D eigenvalue weighted by molar-refractivity contribution is 0.0699. The number of carboxylic acids is 1. The Hall–Kier alpha value is -2.95. The SMILES string of the molecule is Cc1nc(C)c(/C=C/c2cc(C(=O)O)c3ccccc3n2)o1. The Bertz CT molecular complexity index is 894. The Labute approximate surface area is 126 Å². The number of para-hydroxylation sites is 1. The number of hydrogen-bond acceptors (Lipinski definition) is 4. The van der Waals surface area contributed by atoms with Crippen molar-refractivity contribution in [2.45, 2.75) is 13.8 Å². The third kappa shape index (κ3) is 2.61. The quantitative estimate of drug-likeness (QED) is 0.797. The van der Waals surface area contributed by atoms with Crippen LogP contribution in [0.25, 0.3) is 23.1 Å². The fourth-order valence-corrected chi connectivity index (χ4v) is 2.32. The molecular formula is C17H14N2O3. The van der Waals surface area contributed by atoms with Crippen LogP contribution in [-0.2, 0) is 0 Å². The number of fused-ring (bicyclic) bond motifs is 1. The van der Waals surface area contributed by atoms with E-state index in [1.807, 2.05) is 13.0 Å². The lowest BCUT2D eigenvalue weighted by Gasteiger charge is -2.03. The summed E-state index contributed by atoms with van der Waals surface area (Å²) in [6.07, 6.45) is 3.48. The van der Waals surface area contributed by atoms with Crippen LogP contribution >= 0.6 is 0 Å². The van der Waals surface area contributed by atoms with Crippen LogP contribution in [0.4, 0.5) is 0 Å². The number of oxazole rings is 1. The third-order valence-electron chi connectivity index (χ3n) is 3.31. The molecule has 5 heteroatoms. The van der Waals surface area contributed by atoms with Gasteiger partial charge in [0.2, 0.25) is 0 Å². The van der Waals surface area contributed by atoms with Gasteiger partial charge in [-0.15, -0.1) is 0 Å². The van der Waals surface area contributed by atoms with E-state index in [0.29, 0.717) is 28.2 Å². The first-order valence-electron chi connectivity index (χ1n) is 6.80. The van der Waals surface area contributed by atoms with Crippen molar-refractivity contribution in [1.82, 2.24) is 9.97 Å². The number of rotatable bonds is 3. The van der Waals surface area contributed by atoms with E-state index in [-0.39, 0.29) is 5.56 Å². The molecule has 1 N–H and O–H groups in total. The standard InChI is InChI=1S/C17H14N2O3/c1-10-16(22-11(2)18-10)8-7-12-9-14(17(20)21)13-5-3-4-6-15(13)19-12/h3-9H,1-2H3,(H,20,21)/b8-7+. The lowest BCUT2D eigenvalue weighted by atomic mass is 10.1. The van der Waals surface area contributed by atoms with Gasteiger partial charge in [0.15, 0.2) is 5.89 Å². The highest BCUT2D eigenvalue weighted by Gasteiger charge is 2.10. The number of benzene rings is 1. The third-order valence-corrected chi connectivity index (χ3v) is 3.31. The second-order valence-electron chi connectivity index (χ2n) is 4.93. The second-order valence-corrected chi connectivity index (χ2v) is 4.93. The van der Waals surface area contributed by atoms with E-state index in [0.717, 1.165) is 5.69 Å². The Kier molecular flexibility index (Phi) is 3.47. The summed E-state index contributed by atoms with van der Waals surface area (Å²) in [7, 11) is 0. The predicted octanol–water partition coefficient (Wildman–Crippen LogP) is 3.71. The zero-order valence-corrected chi connectivity index (χ0v) is 12.2. The van der Waals surface area contributed by atoms with Crippen LogP contribution in [0.1, 0.15) is 33.4 Å². The summed E-state index contributed by atoms with van der Waals surface area (Å²) in [5.74, 6) is 0.263. The topological polar surface area (TPSA) is 76.2 Å². The highest BCUT2D eigenvalue weighted by molar-refractivity contribution is 6.03. The van der Waals surface area contributed by atoms with Gasteiger partial charge in [-0.1, -0.05) is 18.2 Å². The molecule has 0 aliphatic carbocycles. The van der Waals surface area contributed by atoms with Crippen LogP contribution in [0.3, 0.4) is 0 Å². The molecule has 1 aromatic carbocycles. The van der Waals surface area contributed by atoms with Crippen molar-refractivity contribution in [2.75, 3.05) is 0 Å². The molecule has 0 bridgehead atoms. The highest BCUT2D eigenvalue weighted by Crippen LogP contribution is 2.20. The van der Waals surface area contributed by atoms with Crippen molar-refractivity contribution < 1.29 is 14.3 Å². The van der Waals surface area contributed by atoms with Gasteiger partial charge in [-0.2, -0.15) is 0 Å². The number of aromatic carboxylic acids is 1. The summed E-state index contributed by atoms with van der Waals surface area (Å²) in [5.41, 5.74) is 2.22. The summed E-state index contributed by atoms with van der Waals surface area (Å²) in [6.45, 7) is 3.63. The predicted molar refractivity (Wildman–Crippen MR) is 83.6 cm³/mol. The van der Waals surface area contributed by atoms with Gasteiger partial charge >= 0.3 is 5.97 Å². The molecule has 0 spiro atoms. The van der Waals surface area contributed by atoms with Crippen LogP contribution in [0.15, 0.2) is 34.7 Å². The zero-order valence-electron chi connectivity index (χ0n) is 12.2. The molecule has 0 saturated carbocycles. The molecule has 0 fully saturated rings. The molecule has 3 aromatic rings. The Morgan fingerprint density at radius 3 is 2.64 bits per heavy atom. The summed E-state index contributed by atoms with van der Waals surface area (Å²) >= 11 is 0. The number of hydrogen-bond donors (Lipinski definition) is 1. The Morgan fingerprint density at radius 2 is 1.95 bits per heavy atom. The maximum Gasteiger partial charge on any atom is 0.336 e. The van der Waals surface area contributed by atoms with Gasteiger partial charge in [0, 0.05) is 12.3 Å². The summed E-state index contributed by atoms with van der Waals surface area (Å²) in [6, 6.07) is 8.73. The van der Waals surface area contributed by atoms with Crippen molar-refractivity contribution in [3.05, 3.63) is 58.9 Å². The van der Waals surface area contributed by atoms with Gasteiger partial charge in [0.1, 0.15) is 5.76 Å². The van der Waals surface area contributed by atoms with Crippen LogP contribution in [0, 0.1) is 13.8 Å². The number of aromatic nitrogens is 2. The molecule has 22 heavy (non-hydrogen) atoms. The van der Waals surface area contributed by atoms with Gasteiger partial charge in [0.25, 0.3) is 0 Å². The molecule has 2 heterocycles. The first-order chi connectivity index (χ1) is 10.5. The van der Waals surface area contributed by atoms with Crippen LogP contribution in [-0.4, -0.2) is 21.0 Å². The van der Waals surface area contributed by atoms with Crippen LogP contribution < -0.4 is 0 Å². The zero-order chi connectivity index (χ0) is 15.7. The lowest BCUT2D eigenvalue weighted by Crippen LogP contribution is -2.00. The molecule has 0 saturated heterocycles. The molecule has 2 aromatic heterocycles. The van der Waals surface area contributed by atoms with Crippen LogP contribution in [0.2, 0.25) is 0 Å². The van der Waals surface area contributed by atoms with E-state index in [9.17, 15) is 9.90 Å². The molecule has 0 aliphatic heterocycles. The Morgan fingerprint density at radius 1 is 1.18 bits per heavy atom. The van der Waals surface area contributed by atoms with E-state index in [4.69, 9.17) is 4.42 Å². The fraction of sp³-hybridized carbons (Fsp3) is 0.118. The van der Waals surface area contributed by atoms with E-state index < -0.39 is 5.97 Å². The average Bonchev–Trinajstić information content (AvgIpc) is 2.82. The van der Waals surface area contributed by atoms with E-state index in [1.54, 1.807) is 43.3 Å². The average molecular weight is 294 g/mol. The molecule has 3 rings (SSSR count). The molecule has 5 nitrogen and oxygen atoms in total. The smallest absolute Gasteiger partial charge is 0.336 e. The number of carboxylic acid groups (broad SMARTS) is 1. The summed E-state index contributed by atoms with van der Waals surface area (Å²) < 4.78 is 5.46. The van der Waals surface area contributed by atoms with Gasteiger partial charge in [-0.05, 0) is 31.2 Å². The van der Waals surface area contributed by atoms with Crippen molar-refractivity contribution in [1.29, 1.82) is 0 Å². The van der Waals surface area contributed by atoms with Gasteiger partial charge in [0.05, 0.1) is 22.5 Å². The second kappa shape index (κ2) is 5.44. The van der Waals surface area contributed by atoms with Crippen molar-refractivity contribution in [2.24, 2.45) is 0 Å². The molecule has 0 amide bonds. The van der Waals surface area contributed by atoms with E-state index in [1.165, 1.54) is 0 Å². The minimum Gasteiger partial charge on any atom is -0.478 e. The normalized spacial score (nSPS) is 11.4. The fourth-order valence-electron chi connectivity index (χ4n) is 2.32. The number of pyridine rings is 1. The van der Waals surface area contributed by atoms with Gasteiger partial charge in [-0.25, -0.2) is 14.8 Å². The Balaban J connectivity index is 2.08. The van der Waals surface area contributed by atoms with Crippen molar-refractivity contribution in [3.8, 4) is 0 Å². The summed E-state index contributed by atoms with van der Waals surface area (Å²) in [5, 5.41) is 9.98. The van der Waals surface area contributed by atoms with Crippen molar-refractivity contribution >= 4 is 29.0 Å². The molecule has 0 radical (unpaired) electrons. The summed E-state index contributed by atoms with van der Waals surface area (Å²) in [4.78, 5) is 20.1. The van der Waals surface area contributed by atoms with Crippen molar-refractivity contribution in [3.63, 3.8) is 0 Å². The largest absolute Gasteiger partial charge is 0.478 e. The first-order valence-corrected chi connectivity index (χ1v) is 6.80. The van der Waals surface area contributed by atoms with E-state index in [2.05, 4.69) is 9.97 Å². The van der Waals surface area contributed by atoms with E-state index >= 15 is 0 Å². The maximum absolute atomic E-state index is 11.4. The first kappa shape index (κ1) is 14.0. The highest BCUT2D eigenvalue weighted by atomic mass is 16.4. The molecule has 0 unspecified atom stereocenters. The number of carbonyl (C=O) groups is 1. The van der Waals surface area contributed by atoms with Gasteiger partial charge < -0.3 is 9.52 Å². The van der Waals surface area contributed by atoms with Gasteiger partial charge in [-0.3, -0.25) is 0 Å². The number of nitrogens with zero attached hydrogens (tertiary/aromatic N) is 2. The maximum atomic E-state index is 11.4. The minimum atomic E-state index is -0.972. The monoisotopic (exact) mass is 294 g/mol. The molecule has 0 aliphatic rings. The van der Waals surface area contributed by atoms with Crippen LogP contribution in [0.5, 0.6) is 0 Å². The minimum absolute atomic E-state index is 0.232.